The molecule has 18 N–H and O–H groups in total. The van der Waals surface area contributed by atoms with Crippen LogP contribution in [0.2, 0.25) is 0 Å². The topological polar surface area (TPSA) is 505 Å². The minimum absolute atomic E-state index is 0.0611. The summed E-state index contributed by atoms with van der Waals surface area (Å²) < 4.78 is 36.6. The molecule has 93 heavy (non-hydrogen) atoms. The van der Waals surface area contributed by atoms with Crippen LogP contribution in [-0.4, -0.2) is 128 Å². The molecule has 0 aromatic heterocycles. The second kappa shape index (κ2) is 22.3. The Morgan fingerprint density at radius 1 is 0.323 bits per heavy atom. The van der Waals surface area contributed by atoms with E-state index >= 15 is 4.79 Å². The number of hydrogen-bond donors (Lipinski definition) is 18. The summed E-state index contributed by atoms with van der Waals surface area (Å²) in [6, 6.07) is 13.7. The quantitative estimate of drug-likeness (QED) is 0.0439. The van der Waals surface area contributed by atoms with Gasteiger partial charge in [0.15, 0.2) is 87.3 Å². The van der Waals surface area contributed by atoms with Crippen LogP contribution in [0.25, 0.3) is 21.5 Å². The molecule has 3 aliphatic heterocycles. The lowest BCUT2D eigenvalue weighted by Crippen LogP contribution is -2.35. The van der Waals surface area contributed by atoms with Crippen LogP contribution in [0.15, 0.2) is 107 Å². The van der Waals surface area contributed by atoms with Gasteiger partial charge in [0.1, 0.15) is 70.1 Å². The first-order valence-corrected chi connectivity index (χ1v) is 27.3. The Kier molecular flexibility index (Phi) is 14.4. The normalized spacial score (nSPS) is 17.9. The van der Waals surface area contributed by atoms with Crippen molar-refractivity contribution in [2.45, 2.75) is 55.9 Å². The minimum atomic E-state index is -1.91. The summed E-state index contributed by atoms with van der Waals surface area (Å²) >= 11 is 0. The van der Waals surface area contributed by atoms with Gasteiger partial charge in [0, 0.05) is 89.0 Å². The number of fused-ring (bicyclic) bond motifs is 5. The van der Waals surface area contributed by atoms with E-state index in [1.165, 1.54) is 0 Å². The van der Waals surface area contributed by atoms with E-state index in [0.29, 0.717) is 6.07 Å². The SMILES string of the molecule is O=C(O[C@@H]1Cc2c(O)cc(O)cc2OC1c1cc(O)c(O)c2c(=O)c(O)cc([C@H]3Oc4cc(O)cc(O)c4C[C@H]3OC(=O)c3cc(O)c(O)c(O)c3)cc12)c1cc(O)c(=O)c2c(O)c(O)cc([C@H]3Oc4cc(O)cc(O)c4C[C@H]3OC(=O)c3cc(O)c(O)c(O)c3)c2c1. The van der Waals surface area contributed by atoms with Crippen LogP contribution >= 0.6 is 0 Å². The van der Waals surface area contributed by atoms with Crippen LogP contribution in [-0.2, 0) is 33.5 Å². The number of carbonyl (C=O) groups is 3. The van der Waals surface area contributed by atoms with Crippen molar-refractivity contribution in [2.24, 2.45) is 0 Å². The van der Waals surface area contributed by atoms with E-state index in [9.17, 15) is 111 Å². The molecule has 12 rings (SSSR count). The molecule has 9 aromatic carbocycles. The van der Waals surface area contributed by atoms with E-state index in [2.05, 4.69) is 0 Å². The Labute approximate surface area is 516 Å². The van der Waals surface area contributed by atoms with Crippen molar-refractivity contribution in [3.8, 4) is 121 Å². The van der Waals surface area contributed by atoms with Crippen molar-refractivity contribution in [1.82, 2.24) is 0 Å². The average Bonchev–Trinajstić information content (AvgIpc) is 1.76. The standard InChI is InChI=1S/C64H46O29/c65-24-9-34(68)31-17-48(91-63(86)22-5-37(71)53(79)38(72)6-22)59(88-45(31)12-24)20-1-27-29(15-43(77)57(83)51(27)55(81)41(75)3-20)60-49(18-32-35(69)10-25(66)13-46(32)89-60)92-62(85)21-2-28-30(16-44(78)58(84)52(28)56(82)42(76)4-21)61-50(19-33-36(70)11-26(67)14-47(33)90-61)93-64(87)23-7-39(73)54(80)40(74)8-23/h1-16,48-50,59-61,65-74,77-80,83-84H,17-19H2,(H,75,81)(H,76,82)/t48-,49-,50-,59-,60?,61-/m1/s1. The highest BCUT2D eigenvalue weighted by atomic mass is 16.6. The van der Waals surface area contributed by atoms with Crippen molar-refractivity contribution in [2.75, 3.05) is 0 Å². The predicted molar refractivity (Wildman–Crippen MR) is 311 cm³/mol. The molecule has 0 spiro atoms. The van der Waals surface area contributed by atoms with Gasteiger partial charge in [-0.15, -0.1) is 0 Å². The summed E-state index contributed by atoms with van der Waals surface area (Å²) in [6.07, 6.45) is -12.3. The van der Waals surface area contributed by atoms with Gasteiger partial charge in [0.2, 0.25) is 10.9 Å². The van der Waals surface area contributed by atoms with Crippen molar-refractivity contribution in [1.29, 1.82) is 0 Å². The zero-order valence-electron chi connectivity index (χ0n) is 46.9. The third kappa shape index (κ3) is 10.5. The fourth-order valence-corrected chi connectivity index (χ4v) is 11.5. The largest absolute Gasteiger partial charge is 0.508 e. The van der Waals surface area contributed by atoms with Crippen molar-refractivity contribution in [3.63, 3.8) is 0 Å². The number of ether oxygens (including phenoxy) is 6. The number of esters is 3. The monoisotopic (exact) mass is 1280 g/mol. The number of phenolic OH excluding ortho intramolecular Hbond substituents is 16. The molecule has 6 atom stereocenters. The second-order valence-electron chi connectivity index (χ2n) is 21.8. The Hall–Kier alpha value is -13.0. The maximum atomic E-state index is 15.1. The Morgan fingerprint density at radius 2 is 0.624 bits per heavy atom. The molecule has 0 bridgehead atoms. The predicted octanol–water partition coefficient (Wildman–Crippen LogP) is 6.12. The molecule has 0 radical (unpaired) electrons. The Balaban J connectivity index is 1.00. The summed E-state index contributed by atoms with van der Waals surface area (Å²) in [6.45, 7) is 0. The number of rotatable bonds is 9. The fourth-order valence-electron chi connectivity index (χ4n) is 11.5. The van der Waals surface area contributed by atoms with Crippen LogP contribution in [0.5, 0.6) is 121 Å². The highest BCUT2D eigenvalue weighted by molar-refractivity contribution is 6.00. The van der Waals surface area contributed by atoms with E-state index in [-0.39, 0.29) is 39.5 Å². The fraction of sp³-hybridized carbons (Fsp3) is 0.141. The second-order valence-corrected chi connectivity index (χ2v) is 21.8. The van der Waals surface area contributed by atoms with E-state index < -0.39 is 238 Å². The third-order valence-corrected chi connectivity index (χ3v) is 15.9. The first-order chi connectivity index (χ1) is 44.0. The number of carbonyl (C=O) groups excluding carboxylic acids is 3. The van der Waals surface area contributed by atoms with E-state index in [1.807, 2.05) is 0 Å². The molecule has 3 heterocycles. The summed E-state index contributed by atoms with van der Waals surface area (Å²) in [5, 5.41) is 192. The first kappa shape index (κ1) is 60.3. The lowest BCUT2D eigenvalue weighted by molar-refractivity contribution is -0.0194. The summed E-state index contributed by atoms with van der Waals surface area (Å²) in [4.78, 5) is 71.5. The van der Waals surface area contributed by atoms with Crippen LogP contribution < -0.4 is 25.1 Å². The molecule has 476 valence electrons. The van der Waals surface area contributed by atoms with E-state index in [1.54, 1.807) is 0 Å². The molecule has 1 unspecified atom stereocenters. The number of hydrogen-bond acceptors (Lipinski definition) is 29. The molecule has 0 amide bonds. The van der Waals surface area contributed by atoms with Gasteiger partial charge >= 0.3 is 17.9 Å². The highest BCUT2D eigenvalue weighted by Crippen LogP contribution is 2.51. The Bertz CT molecular complexity index is 4840. The van der Waals surface area contributed by atoms with Gasteiger partial charge in [-0.2, -0.15) is 0 Å². The van der Waals surface area contributed by atoms with Gasteiger partial charge in [-0.1, -0.05) is 0 Å². The van der Waals surface area contributed by atoms with E-state index in [4.69, 9.17) is 28.4 Å². The molecule has 0 aliphatic carbocycles. The maximum absolute atomic E-state index is 15.1. The van der Waals surface area contributed by atoms with Gasteiger partial charge in [-0.3, -0.25) is 9.59 Å². The van der Waals surface area contributed by atoms with Gasteiger partial charge < -0.3 is 120 Å². The van der Waals surface area contributed by atoms with Crippen LogP contribution in [0.1, 0.15) is 82.8 Å². The Morgan fingerprint density at radius 3 is 1.00 bits per heavy atom. The number of benzene rings is 7. The van der Waals surface area contributed by atoms with Crippen LogP contribution in [0.3, 0.4) is 0 Å². The van der Waals surface area contributed by atoms with Crippen molar-refractivity contribution < 1.29 is 135 Å². The molecular weight excluding hydrogens is 1230 g/mol. The lowest BCUT2D eigenvalue weighted by atomic mass is 9.89. The molecule has 0 saturated heterocycles. The van der Waals surface area contributed by atoms with Crippen molar-refractivity contribution >= 4 is 39.5 Å². The lowest BCUT2D eigenvalue weighted by Gasteiger charge is -2.35. The molecule has 29 nitrogen and oxygen atoms in total. The van der Waals surface area contributed by atoms with Crippen molar-refractivity contribution in [3.05, 3.63) is 168 Å². The third-order valence-electron chi connectivity index (χ3n) is 15.9. The maximum Gasteiger partial charge on any atom is 0.338 e. The molecule has 29 heteroatoms. The summed E-state index contributed by atoms with van der Waals surface area (Å²) in [7, 11) is 0. The zero-order valence-corrected chi connectivity index (χ0v) is 46.9. The number of aromatic hydroxyl groups is 18. The smallest absolute Gasteiger partial charge is 0.338 e. The molecular formula is C64H46O29. The molecule has 3 aliphatic rings. The van der Waals surface area contributed by atoms with E-state index in [0.717, 1.165) is 91.0 Å². The minimum Gasteiger partial charge on any atom is -0.508 e. The van der Waals surface area contributed by atoms with Gasteiger partial charge in [0.25, 0.3) is 0 Å². The molecule has 0 fully saturated rings. The zero-order chi connectivity index (χ0) is 66.7. The summed E-state index contributed by atoms with van der Waals surface area (Å²) in [5.41, 5.74) is -6.25. The number of phenols is 16. The average molecular weight is 1280 g/mol. The van der Waals surface area contributed by atoms with Gasteiger partial charge in [-0.25, -0.2) is 14.4 Å². The van der Waals surface area contributed by atoms with Gasteiger partial charge in [-0.05, 0) is 71.4 Å². The first-order valence-electron chi connectivity index (χ1n) is 27.3. The van der Waals surface area contributed by atoms with Crippen LogP contribution in [0, 0.1) is 0 Å². The summed E-state index contributed by atoms with van der Waals surface area (Å²) in [5.74, 6) is -21.2. The molecule has 0 saturated carbocycles. The molecule has 9 aromatic rings. The highest BCUT2D eigenvalue weighted by Gasteiger charge is 2.43. The van der Waals surface area contributed by atoms with Crippen LogP contribution in [0.4, 0.5) is 0 Å². The van der Waals surface area contributed by atoms with Gasteiger partial charge in [0.05, 0.1) is 27.5 Å².